The molecule has 106 valence electrons. The van der Waals surface area contributed by atoms with E-state index in [0.29, 0.717) is 22.0 Å². The minimum atomic E-state index is -0.433. The van der Waals surface area contributed by atoms with E-state index in [1.165, 1.54) is 13.2 Å². The van der Waals surface area contributed by atoms with Gasteiger partial charge in [0.2, 0.25) is 0 Å². The average molecular weight is 314 g/mol. The van der Waals surface area contributed by atoms with Gasteiger partial charge in [0.1, 0.15) is 0 Å². The van der Waals surface area contributed by atoms with Gasteiger partial charge in [-0.3, -0.25) is 0 Å². The molecule has 0 spiro atoms. The van der Waals surface area contributed by atoms with E-state index in [1.54, 1.807) is 18.2 Å². The zero-order valence-electron chi connectivity index (χ0n) is 10.9. The SMILES string of the molecule is COc1ccc(C(N)Cc2cccc(Cl)c2Cl)cc1F. The first-order chi connectivity index (χ1) is 9.52. The number of nitrogens with two attached hydrogens (primary N) is 1. The first-order valence-corrected chi connectivity index (χ1v) is 6.80. The number of halogens is 3. The molecule has 20 heavy (non-hydrogen) atoms. The molecule has 2 aromatic rings. The number of ether oxygens (including phenoxy) is 1. The van der Waals surface area contributed by atoms with Crippen molar-refractivity contribution in [1.29, 1.82) is 0 Å². The lowest BCUT2D eigenvalue weighted by atomic mass is 9.99. The third-order valence-electron chi connectivity index (χ3n) is 3.08. The fraction of sp³-hybridized carbons (Fsp3) is 0.200. The molecule has 0 aliphatic rings. The van der Waals surface area contributed by atoms with E-state index in [1.807, 2.05) is 12.1 Å². The van der Waals surface area contributed by atoms with Gasteiger partial charge in [0.25, 0.3) is 0 Å². The molecule has 2 nitrogen and oxygen atoms in total. The number of methoxy groups -OCH3 is 1. The maximum absolute atomic E-state index is 13.7. The van der Waals surface area contributed by atoms with Crippen LogP contribution in [0.25, 0.3) is 0 Å². The highest BCUT2D eigenvalue weighted by Gasteiger charge is 2.13. The standard InChI is InChI=1S/C15H14Cl2FNO/c1-20-14-6-5-9(7-12(14)18)13(19)8-10-3-2-4-11(16)15(10)17/h2-7,13H,8,19H2,1H3. The summed E-state index contributed by atoms with van der Waals surface area (Å²) in [5, 5.41) is 0.968. The summed E-state index contributed by atoms with van der Waals surface area (Å²) in [4.78, 5) is 0. The Bertz CT molecular complexity index is 619. The van der Waals surface area contributed by atoms with Crippen molar-refractivity contribution in [2.24, 2.45) is 5.73 Å². The van der Waals surface area contributed by atoms with Crippen LogP contribution < -0.4 is 10.5 Å². The highest BCUT2D eigenvalue weighted by atomic mass is 35.5. The summed E-state index contributed by atoms with van der Waals surface area (Å²) in [6.45, 7) is 0. The average Bonchev–Trinajstić information content (AvgIpc) is 2.43. The van der Waals surface area contributed by atoms with Gasteiger partial charge in [-0.15, -0.1) is 0 Å². The lowest BCUT2D eigenvalue weighted by molar-refractivity contribution is 0.386. The second-order valence-electron chi connectivity index (χ2n) is 4.42. The van der Waals surface area contributed by atoms with Gasteiger partial charge in [0.15, 0.2) is 11.6 Å². The number of hydrogen-bond acceptors (Lipinski definition) is 2. The molecule has 0 saturated carbocycles. The normalized spacial score (nSPS) is 12.2. The topological polar surface area (TPSA) is 35.2 Å². The van der Waals surface area contributed by atoms with Gasteiger partial charge in [0.05, 0.1) is 17.2 Å². The van der Waals surface area contributed by atoms with Crippen molar-refractivity contribution in [2.75, 3.05) is 7.11 Å². The van der Waals surface area contributed by atoms with Crippen LogP contribution in [0.15, 0.2) is 36.4 Å². The van der Waals surface area contributed by atoms with Crippen molar-refractivity contribution in [3.05, 3.63) is 63.4 Å². The minimum Gasteiger partial charge on any atom is -0.494 e. The van der Waals surface area contributed by atoms with Crippen molar-refractivity contribution in [3.63, 3.8) is 0 Å². The summed E-state index contributed by atoms with van der Waals surface area (Å²) in [6.07, 6.45) is 0.477. The van der Waals surface area contributed by atoms with Crippen LogP contribution in [-0.2, 0) is 6.42 Å². The zero-order chi connectivity index (χ0) is 14.7. The number of benzene rings is 2. The van der Waals surface area contributed by atoms with Crippen LogP contribution in [0.3, 0.4) is 0 Å². The second-order valence-corrected chi connectivity index (χ2v) is 5.20. The van der Waals surface area contributed by atoms with Crippen molar-refractivity contribution >= 4 is 23.2 Å². The van der Waals surface area contributed by atoms with Crippen LogP contribution >= 0.6 is 23.2 Å². The molecule has 0 aliphatic carbocycles. The third kappa shape index (κ3) is 3.23. The summed E-state index contributed by atoms with van der Waals surface area (Å²) in [6, 6.07) is 9.69. The van der Waals surface area contributed by atoms with Gasteiger partial charge in [0, 0.05) is 6.04 Å². The molecule has 1 atom stereocenters. The lowest BCUT2D eigenvalue weighted by Crippen LogP contribution is -2.14. The van der Waals surface area contributed by atoms with Gasteiger partial charge in [-0.05, 0) is 35.7 Å². The Hall–Kier alpha value is -1.29. The minimum absolute atomic E-state index is 0.196. The van der Waals surface area contributed by atoms with Crippen molar-refractivity contribution in [2.45, 2.75) is 12.5 Å². The maximum Gasteiger partial charge on any atom is 0.165 e. The van der Waals surface area contributed by atoms with E-state index < -0.39 is 5.82 Å². The van der Waals surface area contributed by atoms with Crippen molar-refractivity contribution in [1.82, 2.24) is 0 Å². The van der Waals surface area contributed by atoms with Crippen LogP contribution in [0.1, 0.15) is 17.2 Å². The van der Waals surface area contributed by atoms with Gasteiger partial charge in [-0.25, -0.2) is 4.39 Å². The van der Waals surface area contributed by atoms with Gasteiger partial charge in [-0.2, -0.15) is 0 Å². The molecule has 2 aromatic carbocycles. The summed E-state index contributed by atoms with van der Waals surface area (Å²) in [7, 11) is 1.42. The Morgan fingerprint density at radius 1 is 1.25 bits per heavy atom. The molecule has 0 saturated heterocycles. The van der Waals surface area contributed by atoms with E-state index in [4.69, 9.17) is 33.7 Å². The summed E-state index contributed by atoms with van der Waals surface area (Å²) in [5.41, 5.74) is 7.61. The van der Waals surface area contributed by atoms with Crippen molar-refractivity contribution < 1.29 is 9.13 Å². The lowest BCUT2D eigenvalue weighted by Gasteiger charge is -2.14. The maximum atomic E-state index is 13.7. The monoisotopic (exact) mass is 313 g/mol. The summed E-state index contributed by atoms with van der Waals surface area (Å²) < 4.78 is 18.5. The van der Waals surface area contributed by atoms with E-state index in [2.05, 4.69) is 0 Å². The van der Waals surface area contributed by atoms with Crippen LogP contribution in [0, 0.1) is 5.82 Å². The van der Waals surface area contributed by atoms with Crippen LogP contribution in [0.4, 0.5) is 4.39 Å². The molecule has 1 unspecified atom stereocenters. The van der Waals surface area contributed by atoms with E-state index >= 15 is 0 Å². The molecular formula is C15H14Cl2FNO. The van der Waals surface area contributed by atoms with Gasteiger partial charge in [-0.1, -0.05) is 41.4 Å². The Labute approximate surface area is 127 Å². The zero-order valence-corrected chi connectivity index (χ0v) is 12.4. The molecule has 2 rings (SSSR count). The number of rotatable bonds is 4. The largest absolute Gasteiger partial charge is 0.494 e. The molecule has 0 radical (unpaired) electrons. The first kappa shape index (κ1) is 15.1. The molecule has 2 N–H and O–H groups in total. The Morgan fingerprint density at radius 2 is 2.00 bits per heavy atom. The molecule has 5 heteroatoms. The highest BCUT2D eigenvalue weighted by molar-refractivity contribution is 6.42. The van der Waals surface area contributed by atoms with Crippen molar-refractivity contribution in [3.8, 4) is 5.75 Å². The second kappa shape index (κ2) is 6.44. The smallest absolute Gasteiger partial charge is 0.165 e. The van der Waals surface area contributed by atoms with E-state index in [-0.39, 0.29) is 11.8 Å². The van der Waals surface area contributed by atoms with Gasteiger partial charge < -0.3 is 10.5 Å². The van der Waals surface area contributed by atoms with Crippen LogP contribution in [0.2, 0.25) is 10.0 Å². The molecule has 0 bridgehead atoms. The van der Waals surface area contributed by atoms with Crippen LogP contribution in [0.5, 0.6) is 5.75 Å². The van der Waals surface area contributed by atoms with E-state index in [0.717, 1.165) is 5.56 Å². The molecule has 0 amide bonds. The van der Waals surface area contributed by atoms with Gasteiger partial charge >= 0.3 is 0 Å². The Balaban J connectivity index is 2.21. The summed E-state index contributed by atoms with van der Waals surface area (Å²) in [5.74, 6) is -0.237. The number of hydrogen-bond donors (Lipinski definition) is 1. The molecule has 0 aliphatic heterocycles. The fourth-order valence-electron chi connectivity index (χ4n) is 1.97. The summed E-state index contributed by atoms with van der Waals surface area (Å²) >= 11 is 12.1. The predicted molar refractivity (Wildman–Crippen MR) is 80.0 cm³/mol. The van der Waals surface area contributed by atoms with Crippen LogP contribution in [-0.4, -0.2) is 7.11 Å². The predicted octanol–water partition coefficient (Wildman–Crippen LogP) is 4.38. The first-order valence-electron chi connectivity index (χ1n) is 6.05. The van der Waals surface area contributed by atoms with E-state index in [9.17, 15) is 4.39 Å². The fourth-order valence-corrected chi connectivity index (χ4v) is 2.37. The Morgan fingerprint density at radius 3 is 2.65 bits per heavy atom. The molecule has 0 fully saturated rings. The molecule has 0 aromatic heterocycles. The molecule has 0 heterocycles. The quantitative estimate of drug-likeness (QED) is 0.909. The highest BCUT2D eigenvalue weighted by Crippen LogP contribution is 2.29. The molecular weight excluding hydrogens is 300 g/mol. The Kier molecular flexibility index (Phi) is 4.86. The third-order valence-corrected chi connectivity index (χ3v) is 3.93.